The number of hydrogen-bond donors (Lipinski definition) is 1. The minimum atomic E-state index is -3.25. The summed E-state index contributed by atoms with van der Waals surface area (Å²) >= 11 is 0. The van der Waals surface area contributed by atoms with E-state index in [-0.39, 0.29) is 17.2 Å². The Labute approximate surface area is 151 Å². The van der Waals surface area contributed by atoms with Gasteiger partial charge in [-0.15, -0.1) is 0 Å². The van der Waals surface area contributed by atoms with Gasteiger partial charge in [-0.1, -0.05) is 0 Å². The predicted molar refractivity (Wildman–Crippen MR) is 96.8 cm³/mol. The summed E-state index contributed by atoms with van der Waals surface area (Å²) in [7, 11) is -3.25. The lowest BCUT2D eigenvalue weighted by atomic mass is 10.1. The zero-order valence-electron chi connectivity index (χ0n) is 14.7. The molecule has 1 N–H and O–H groups in total. The van der Waals surface area contributed by atoms with E-state index < -0.39 is 9.84 Å². The lowest BCUT2D eigenvalue weighted by Gasteiger charge is -2.10. The van der Waals surface area contributed by atoms with Crippen LogP contribution in [-0.2, 0) is 21.1 Å². The van der Waals surface area contributed by atoms with E-state index in [1.165, 1.54) is 18.5 Å². The Morgan fingerprint density at radius 3 is 2.54 bits per heavy atom. The van der Waals surface area contributed by atoms with Crippen LogP contribution >= 0.6 is 0 Å². The first-order valence-electron chi connectivity index (χ1n) is 8.01. The average Bonchev–Trinajstić information content (AvgIpc) is 3.02. The van der Waals surface area contributed by atoms with Gasteiger partial charge in [-0.2, -0.15) is 10.1 Å². The van der Waals surface area contributed by atoms with Crippen molar-refractivity contribution in [3.05, 3.63) is 47.5 Å². The van der Waals surface area contributed by atoms with Gasteiger partial charge in [0.05, 0.1) is 4.90 Å². The third-order valence-corrected chi connectivity index (χ3v) is 5.29. The van der Waals surface area contributed by atoms with E-state index in [0.717, 1.165) is 23.2 Å². The molecule has 136 valence electrons. The van der Waals surface area contributed by atoms with E-state index in [1.807, 2.05) is 13.8 Å². The Balaban J connectivity index is 1.68. The fourth-order valence-electron chi connectivity index (χ4n) is 2.76. The van der Waals surface area contributed by atoms with Crippen molar-refractivity contribution in [1.82, 2.24) is 19.6 Å². The van der Waals surface area contributed by atoms with Crippen LogP contribution in [0.4, 0.5) is 5.69 Å². The molecule has 1 amide bonds. The number of rotatable bonds is 5. The fraction of sp³-hybridized carbons (Fsp3) is 0.294. The number of aromatic nitrogens is 4. The molecule has 3 aromatic rings. The van der Waals surface area contributed by atoms with Gasteiger partial charge in [0.25, 0.3) is 5.78 Å². The number of nitrogens with one attached hydrogen (secondary N) is 1. The van der Waals surface area contributed by atoms with Gasteiger partial charge < -0.3 is 5.32 Å². The molecule has 0 aliphatic carbocycles. The molecule has 0 saturated heterocycles. The maximum atomic E-state index is 12.2. The SMILES string of the molecule is Cc1nc2ncnn2c(C)c1CCC(=O)Nc1ccc(S(C)(=O)=O)cc1. The van der Waals surface area contributed by atoms with Crippen LogP contribution in [0.2, 0.25) is 0 Å². The Morgan fingerprint density at radius 1 is 1.19 bits per heavy atom. The molecule has 8 nitrogen and oxygen atoms in total. The maximum Gasteiger partial charge on any atom is 0.252 e. The minimum absolute atomic E-state index is 0.158. The number of sulfone groups is 1. The summed E-state index contributed by atoms with van der Waals surface area (Å²) in [6.45, 7) is 3.81. The standard InChI is InChI=1S/C17H19N5O3S/c1-11-15(12(2)22-17(20-11)18-10-19-22)8-9-16(23)21-13-4-6-14(7-5-13)26(3,24)25/h4-7,10H,8-9H2,1-3H3,(H,21,23). The number of amides is 1. The van der Waals surface area contributed by atoms with Crippen molar-refractivity contribution in [2.45, 2.75) is 31.6 Å². The highest BCUT2D eigenvalue weighted by Gasteiger charge is 2.13. The van der Waals surface area contributed by atoms with Gasteiger partial charge in [-0.25, -0.2) is 17.9 Å². The van der Waals surface area contributed by atoms with E-state index in [1.54, 1.807) is 16.6 Å². The summed E-state index contributed by atoms with van der Waals surface area (Å²) in [5.41, 5.74) is 3.26. The third kappa shape index (κ3) is 3.72. The first-order chi connectivity index (χ1) is 12.3. The summed E-state index contributed by atoms with van der Waals surface area (Å²) in [6.07, 6.45) is 3.39. The van der Waals surface area contributed by atoms with Crippen molar-refractivity contribution in [3.8, 4) is 0 Å². The average molecular weight is 373 g/mol. The normalized spacial score (nSPS) is 11.7. The monoisotopic (exact) mass is 373 g/mol. The first kappa shape index (κ1) is 18.0. The second-order valence-corrected chi connectivity index (χ2v) is 8.09. The van der Waals surface area contributed by atoms with Crippen molar-refractivity contribution in [2.75, 3.05) is 11.6 Å². The van der Waals surface area contributed by atoms with Gasteiger partial charge >= 0.3 is 0 Å². The van der Waals surface area contributed by atoms with E-state index in [0.29, 0.717) is 17.9 Å². The fourth-order valence-corrected chi connectivity index (χ4v) is 3.40. The molecule has 0 spiro atoms. The largest absolute Gasteiger partial charge is 0.326 e. The zero-order chi connectivity index (χ0) is 18.9. The third-order valence-electron chi connectivity index (χ3n) is 4.16. The molecule has 0 atom stereocenters. The molecular weight excluding hydrogens is 354 g/mol. The summed E-state index contributed by atoms with van der Waals surface area (Å²) < 4.78 is 24.6. The molecule has 0 saturated carbocycles. The lowest BCUT2D eigenvalue weighted by Crippen LogP contribution is -2.14. The number of benzene rings is 1. The Hall–Kier alpha value is -2.81. The van der Waals surface area contributed by atoms with E-state index in [9.17, 15) is 13.2 Å². The quantitative estimate of drug-likeness (QED) is 0.730. The van der Waals surface area contributed by atoms with Crippen molar-refractivity contribution in [3.63, 3.8) is 0 Å². The summed E-state index contributed by atoms with van der Waals surface area (Å²) in [6, 6.07) is 6.10. The molecule has 26 heavy (non-hydrogen) atoms. The molecule has 0 fully saturated rings. The number of carbonyl (C=O) groups is 1. The van der Waals surface area contributed by atoms with Gasteiger partial charge in [0.15, 0.2) is 9.84 Å². The van der Waals surface area contributed by atoms with E-state index >= 15 is 0 Å². The summed E-state index contributed by atoms with van der Waals surface area (Å²) in [5, 5.41) is 6.91. The highest BCUT2D eigenvalue weighted by molar-refractivity contribution is 7.90. The Kier molecular flexibility index (Phi) is 4.73. The molecule has 0 radical (unpaired) electrons. The Bertz CT molecular complexity index is 1070. The molecule has 2 heterocycles. The second-order valence-electron chi connectivity index (χ2n) is 6.08. The van der Waals surface area contributed by atoms with Crippen molar-refractivity contribution < 1.29 is 13.2 Å². The molecule has 0 aliphatic heterocycles. The number of nitrogens with zero attached hydrogens (tertiary/aromatic N) is 4. The van der Waals surface area contributed by atoms with Crippen LogP contribution < -0.4 is 5.32 Å². The van der Waals surface area contributed by atoms with Crippen molar-refractivity contribution in [2.24, 2.45) is 0 Å². The highest BCUT2D eigenvalue weighted by Crippen LogP contribution is 2.17. The molecule has 0 aliphatic rings. The first-order valence-corrected chi connectivity index (χ1v) is 9.90. The topological polar surface area (TPSA) is 106 Å². The van der Waals surface area contributed by atoms with Crippen LogP contribution in [-0.4, -0.2) is 40.2 Å². The minimum Gasteiger partial charge on any atom is -0.326 e. The van der Waals surface area contributed by atoms with Gasteiger partial charge in [-0.05, 0) is 50.1 Å². The van der Waals surface area contributed by atoms with Gasteiger partial charge in [-0.3, -0.25) is 4.79 Å². The van der Waals surface area contributed by atoms with Crippen molar-refractivity contribution in [1.29, 1.82) is 0 Å². The van der Waals surface area contributed by atoms with Crippen LogP contribution in [0.3, 0.4) is 0 Å². The highest BCUT2D eigenvalue weighted by atomic mass is 32.2. The van der Waals surface area contributed by atoms with Gasteiger partial charge in [0.2, 0.25) is 5.91 Å². The van der Waals surface area contributed by atoms with Crippen LogP contribution in [0.5, 0.6) is 0 Å². The van der Waals surface area contributed by atoms with E-state index in [2.05, 4.69) is 20.4 Å². The number of anilines is 1. The van der Waals surface area contributed by atoms with E-state index in [4.69, 9.17) is 0 Å². The molecule has 2 aromatic heterocycles. The van der Waals surface area contributed by atoms with Crippen LogP contribution in [0.15, 0.2) is 35.5 Å². The number of hydrogen-bond acceptors (Lipinski definition) is 6. The van der Waals surface area contributed by atoms with Gasteiger partial charge in [0.1, 0.15) is 6.33 Å². The number of aryl methyl sites for hydroxylation is 2. The predicted octanol–water partition coefficient (Wildman–Crippen LogP) is 1.72. The molecular formula is C17H19N5O3S. The second kappa shape index (κ2) is 6.83. The van der Waals surface area contributed by atoms with Crippen LogP contribution in [0.25, 0.3) is 5.78 Å². The smallest absolute Gasteiger partial charge is 0.252 e. The molecule has 3 rings (SSSR count). The van der Waals surface area contributed by atoms with Crippen molar-refractivity contribution >= 4 is 27.2 Å². The van der Waals surface area contributed by atoms with Gasteiger partial charge in [0, 0.05) is 29.8 Å². The van der Waals surface area contributed by atoms with Crippen LogP contribution in [0, 0.1) is 13.8 Å². The molecule has 0 bridgehead atoms. The molecule has 9 heteroatoms. The summed E-state index contributed by atoms with van der Waals surface area (Å²) in [5.74, 6) is 0.383. The number of carbonyl (C=O) groups excluding carboxylic acids is 1. The Morgan fingerprint density at radius 2 is 1.88 bits per heavy atom. The molecule has 1 aromatic carbocycles. The number of fused-ring (bicyclic) bond motifs is 1. The maximum absolute atomic E-state index is 12.2. The molecule has 0 unspecified atom stereocenters. The van der Waals surface area contributed by atoms with Crippen LogP contribution in [0.1, 0.15) is 23.4 Å². The zero-order valence-corrected chi connectivity index (χ0v) is 15.5. The summed E-state index contributed by atoms with van der Waals surface area (Å²) in [4.78, 5) is 20.9. The lowest BCUT2D eigenvalue weighted by molar-refractivity contribution is -0.116.